The first-order chi connectivity index (χ1) is 16.4. The Labute approximate surface area is 199 Å². The van der Waals surface area contributed by atoms with Gasteiger partial charge in [0.05, 0.1) is 45.1 Å². The average Bonchev–Trinajstić information content (AvgIpc) is 3.34. The van der Waals surface area contributed by atoms with E-state index in [0.29, 0.717) is 40.7 Å². The fraction of sp³-hybridized carbons (Fsp3) is 0.240. The number of hydrazone groups is 1. The largest absolute Gasteiger partial charge is 0.493 e. The molecule has 0 spiro atoms. The van der Waals surface area contributed by atoms with Crippen molar-refractivity contribution in [1.82, 2.24) is 4.41 Å². The first kappa shape index (κ1) is 23.4. The molecule has 0 radical (unpaired) electrons. The highest BCUT2D eigenvalue weighted by atomic mass is 32.2. The van der Waals surface area contributed by atoms with Gasteiger partial charge in [0.2, 0.25) is 0 Å². The minimum absolute atomic E-state index is 0.152. The highest BCUT2D eigenvalue weighted by Crippen LogP contribution is 2.44. The molecule has 1 unspecified atom stereocenters. The van der Waals surface area contributed by atoms with E-state index < -0.39 is 16.1 Å². The third-order valence-electron chi connectivity index (χ3n) is 5.67. The van der Waals surface area contributed by atoms with E-state index in [1.165, 1.54) is 7.11 Å². The van der Waals surface area contributed by atoms with Gasteiger partial charge in [0.15, 0.2) is 23.0 Å². The number of nitrogens with zero attached hydrogens (tertiary/aromatic N) is 2. The molecule has 0 fully saturated rings. The van der Waals surface area contributed by atoms with Gasteiger partial charge in [-0.3, -0.25) is 0 Å². The summed E-state index contributed by atoms with van der Waals surface area (Å²) in [5.41, 5.74) is 1.98. The highest BCUT2D eigenvalue weighted by molar-refractivity contribution is 7.89. The van der Waals surface area contributed by atoms with Crippen LogP contribution in [0.1, 0.15) is 23.6 Å². The lowest BCUT2D eigenvalue weighted by atomic mass is 9.98. The van der Waals surface area contributed by atoms with Gasteiger partial charge in [0.25, 0.3) is 10.0 Å². The summed E-state index contributed by atoms with van der Waals surface area (Å²) in [6, 6.07) is 18.4. The molecule has 0 aliphatic carbocycles. The quantitative estimate of drug-likeness (QED) is 0.477. The Morgan fingerprint density at radius 2 is 1.50 bits per heavy atom. The number of hydrogen-bond acceptors (Lipinski definition) is 7. The van der Waals surface area contributed by atoms with Crippen LogP contribution in [0.25, 0.3) is 0 Å². The van der Waals surface area contributed by atoms with Crippen LogP contribution in [0.4, 0.5) is 0 Å². The zero-order chi connectivity index (χ0) is 24.3. The molecule has 0 N–H and O–H groups in total. The molecule has 178 valence electrons. The van der Waals surface area contributed by atoms with Crippen molar-refractivity contribution >= 4 is 15.7 Å². The van der Waals surface area contributed by atoms with Gasteiger partial charge >= 0.3 is 0 Å². The second-order valence-corrected chi connectivity index (χ2v) is 9.31. The Bertz CT molecular complexity index is 1310. The van der Waals surface area contributed by atoms with E-state index >= 15 is 0 Å². The number of rotatable bonds is 8. The van der Waals surface area contributed by atoms with Gasteiger partial charge in [-0.05, 0) is 36.4 Å². The van der Waals surface area contributed by atoms with Gasteiger partial charge in [-0.15, -0.1) is 0 Å². The van der Waals surface area contributed by atoms with Crippen LogP contribution in [0.3, 0.4) is 0 Å². The molecule has 0 saturated carbocycles. The smallest absolute Gasteiger partial charge is 0.279 e. The Morgan fingerprint density at radius 3 is 2.15 bits per heavy atom. The third kappa shape index (κ3) is 4.14. The van der Waals surface area contributed by atoms with Crippen molar-refractivity contribution in [2.75, 3.05) is 28.4 Å². The van der Waals surface area contributed by atoms with E-state index in [-0.39, 0.29) is 4.90 Å². The monoisotopic (exact) mass is 482 g/mol. The van der Waals surface area contributed by atoms with Crippen LogP contribution in [-0.4, -0.2) is 47.0 Å². The van der Waals surface area contributed by atoms with Crippen LogP contribution in [0.15, 0.2) is 76.7 Å². The van der Waals surface area contributed by atoms with E-state index in [4.69, 9.17) is 18.9 Å². The van der Waals surface area contributed by atoms with Crippen LogP contribution in [0, 0.1) is 0 Å². The van der Waals surface area contributed by atoms with Gasteiger partial charge in [0.1, 0.15) is 0 Å². The van der Waals surface area contributed by atoms with Crippen molar-refractivity contribution in [2.45, 2.75) is 17.4 Å². The molecule has 4 rings (SSSR count). The van der Waals surface area contributed by atoms with Gasteiger partial charge in [-0.25, -0.2) is 0 Å². The van der Waals surface area contributed by atoms with Crippen LogP contribution in [0.2, 0.25) is 0 Å². The Kier molecular flexibility index (Phi) is 6.65. The number of ether oxygens (including phenoxy) is 4. The summed E-state index contributed by atoms with van der Waals surface area (Å²) in [7, 11) is 2.22. The summed E-state index contributed by atoms with van der Waals surface area (Å²) in [6.07, 6.45) is 0.324. The fourth-order valence-corrected chi connectivity index (χ4v) is 5.45. The standard InChI is InChI=1S/C25H26N2O6S/c1-30-22-14-13-17(15-24(22)32-3)20-16-21(19-11-8-12-23(31-2)25(19)33-4)27(26-20)34(28,29)18-9-6-5-7-10-18/h5-15,21H,16H2,1-4H3. The predicted molar refractivity (Wildman–Crippen MR) is 128 cm³/mol. The average molecular weight is 483 g/mol. The lowest BCUT2D eigenvalue weighted by molar-refractivity contribution is 0.328. The maximum atomic E-state index is 13.7. The van der Waals surface area contributed by atoms with Crippen molar-refractivity contribution in [3.63, 3.8) is 0 Å². The zero-order valence-corrected chi connectivity index (χ0v) is 20.2. The molecule has 0 amide bonds. The van der Waals surface area contributed by atoms with E-state index in [2.05, 4.69) is 5.10 Å². The van der Waals surface area contributed by atoms with Crippen molar-refractivity contribution in [3.05, 3.63) is 77.9 Å². The predicted octanol–water partition coefficient (Wildman–Crippen LogP) is 4.26. The molecule has 0 aromatic heterocycles. The minimum Gasteiger partial charge on any atom is -0.493 e. The molecule has 1 heterocycles. The number of methoxy groups -OCH3 is 4. The maximum Gasteiger partial charge on any atom is 0.279 e. The third-order valence-corrected chi connectivity index (χ3v) is 7.37. The molecule has 1 aliphatic heterocycles. The highest BCUT2D eigenvalue weighted by Gasteiger charge is 2.39. The first-order valence-corrected chi connectivity index (χ1v) is 12.0. The van der Waals surface area contributed by atoms with Crippen molar-refractivity contribution < 1.29 is 27.4 Å². The Hall–Kier alpha value is -3.72. The van der Waals surface area contributed by atoms with Crippen molar-refractivity contribution in [2.24, 2.45) is 5.10 Å². The number of hydrogen-bond donors (Lipinski definition) is 0. The first-order valence-electron chi connectivity index (χ1n) is 10.5. The molecule has 3 aromatic carbocycles. The van der Waals surface area contributed by atoms with E-state index in [1.54, 1.807) is 75.9 Å². The molecule has 1 atom stereocenters. The molecule has 1 aliphatic rings. The molecule has 3 aromatic rings. The van der Waals surface area contributed by atoms with Gasteiger partial charge in [-0.1, -0.05) is 30.3 Å². The molecule has 34 heavy (non-hydrogen) atoms. The lowest BCUT2D eigenvalue weighted by Gasteiger charge is -2.25. The normalized spacial score (nSPS) is 15.6. The summed E-state index contributed by atoms with van der Waals surface area (Å²) in [5, 5.41) is 4.60. The Balaban J connectivity index is 1.86. The summed E-state index contributed by atoms with van der Waals surface area (Å²) in [5.74, 6) is 2.08. The molecular formula is C25H26N2O6S. The molecule has 8 nitrogen and oxygen atoms in total. The topological polar surface area (TPSA) is 86.7 Å². The molecule has 9 heteroatoms. The minimum atomic E-state index is -3.96. The van der Waals surface area contributed by atoms with Crippen LogP contribution in [0.5, 0.6) is 23.0 Å². The van der Waals surface area contributed by atoms with Crippen LogP contribution < -0.4 is 18.9 Å². The fourth-order valence-electron chi connectivity index (χ4n) is 4.01. The number of para-hydroxylation sites is 1. The molecule has 0 saturated heterocycles. The maximum absolute atomic E-state index is 13.7. The summed E-state index contributed by atoms with van der Waals surface area (Å²) < 4.78 is 50.3. The summed E-state index contributed by atoms with van der Waals surface area (Å²) in [6.45, 7) is 0. The SMILES string of the molecule is COc1ccc(C2=NN(S(=O)(=O)c3ccccc3)C(c3cccc(OC)c3OC)C2)cc1OC. The van der Waals surface area contributed by atoms with Crippen molar-refractivity contribution in [3.8, 4) is 23.0 Å². The van der Waals surface area contributed by atoms with Gasteiger partial charge in [-0.2, -0.15) is 17.9 Å². The number of benzene rings is 3. The van der Waals surface area contributed by atoms with E-state index in [1.807, 2.05) is 12.1 Å². The van der Waals surface area contributed by atoms with E-state index in [0.717, 1.165) is 9.98 Å². The number of sulfonamides is 1. The van der Waals surface area contributed by atoms with Crippen LogP contribution >= 0.6 is 0 Å². The second-order valence-electron chi connectivity index (χ2n) is 7.51. The summed E-state index contributed by atoms with van der Waals surface area (Å²) in [4.78, 5) is 0.152. The van der Waals surface area contributed by atoms with E-state index in [9.17, 15) is 8.42 Å². The zero-order valence-electron chi connectivity index (χ0n) is 19.4. The lowest BCUT2D eigenvalue weighted by Crippen LogP contribution is -2.27. The van der Waals surface area contributed by atoms with Crippen molar-refractivity contribution in [1.29, 1.82) is 0 Å². The van der Waals surface area contributed by atoms with Gasteiger partial charge in [0, 0.05) is 17.5 Å². The Morgan fingerprint density at radius 1 is 0.794 bits per heavy atom. The summed E-state index contributed by atoms with van der Waals surface area (Å²) >= 11 is 0. The van der Waals surface area contributed by atoms with Crippen LogP contribution in [-0.2, 0) is 10.0 Å². The van der Waals surface area contributed by atoms with Gasteiger partial charge < -0.3 is 18.9 Å². The molecular weight excluding hydrogens is 456 g/mol. The second kappa shape index (κ2) is 9.64. The molecule has 0 bridgehead atoms.